The summed E-state index contributed by atoms with van der Waals surface area (Å²) < 4.78 is 36.4. The summed E-state index contributed by atoms with van der Waals surface area (Å²) in [6.45, 7) is 3.05. The van der Waals surface area contributed by atoms with Crippen LogP contribution in [0.2, 0.25) is 0 Å². The Balaban J connectivity index is 1.74. The Morgan fingerprint density at radius 3 is 2.47 bits per heavy atom. The molecule has 1 fully saturated rings. The summed E-state index contributed by atoms with van der Waals surface area (Å²) in [7, 11) is 0. The fourth-order valence-electron chi connectivity index (χ4n) is 2.23. The molecule has 2 rings (SSSR count). The fraction of sp³-hybridized carbons (Fsp3) is 0.667. The maximum absolute atomic E-state index is 12.1. The Labute approximate surface area is 114 Å². The highest BCUT2D eigenvalue weighted by molar-refractivity contribution is 7.14. The molecule has 3 nitrogen and oxygen atoms in total. The average Bonchev–Trinajstić information content (AvgIpc) is 2.80. The average molecular weight is 294 g/mol. The Morgan fingerprint density at radius 1 is 1.26 bits per heavy atom. The van der Waals surface area contributed by atoms with Crippen molar-refractivity contribution in [1.29, 1.82) is 0 Å². The third-order valence-corrected chi connectivity index (χ3v) is 4.06. The number of aliphatic hydroxyl groups is 1. The van der Waals surface area contributed by atoms with Crippen molar-refractivity contribution in [1.82, 2.24) is 4.90 Å². The lowest BCUT2D eigenvalue weighted by atomic mass is 10.2. The lowest BCUT2D eigenvalue weighted by Gasteiger charge is -2.36. The van der Waals surface area contributed by atoms with E-state index in [2.05, 4.69) is 4.90 Å². The fourth-order valence-corrected chi connectivity index (χ4v) is 3.02. The molecule has 1 saturated heterocycles. The van der Waals surface area contributed by atoms with Crippen LogP contribution in [-0.4, -0.2) is 55.0 Å². The molecule has 0 saturated carbocycles. The molecule has 0 amide bonds. The zero-order valence-electron chi connectivity index (χ0n) is 10.4. The summed E-state index contributed by atoms with van der Waals surface area (Å²) in [5.41, 5.74) is 0. The van der Waals surface area contributed by atoms with Gasteiger partial charge in [-0.1, -0.05) is 0 Å². The summed E-state index contributed by atoms with van der Waals surface area (Å²) >= 11 is 1.66. The van der Waals surface area contributed by atoms with Crippen LogP contribution in [-0.2, 0) is 0 Å². The van der Waals surface area contributed by atoms with Crippen molar-refractivity contribution < 1.29 is 18.3 Å². The number of piperazine rings is 1. The van der Waals surface area contributed by atoms with Crippen molar-refractivity contribution in [3.8, 4) is 0 Å². The summed E-state index contributed by atoms with van der Waals surface area (Å²) in [4.78, 5) is 4.11. The van der Waals surface area contributed by atoms with E-state index in [0.717, 1.165) is 13.1 Å². The predicted octanol–water partition coefficient (Wildman–Crippen LogP) is 2.18. The van der Waals surface area contributed by atoms with Crippen molar-refractivity contribution in [3.05, 3.63) is 17.5 Å². The lowest BCUT2D eigenvalue weighted by molar-refractivity contribution is -0.155. The maximum Gasteiger partial charge on any atom is 0.391 e. The molecule has 0 radical (unpaired) electrons. The van der Waals surface area contributed by atoms with E-state index in [4.69, 9.17) is 0 Å². The minimum absolute atomic E-state index is 0.0950. The van der Waals surface area contributed by atoms with Gasteiger partial charge in [0.25, 0.3) is 0 Å². The first-order chi connectivity index (χ1) is 8.94. The molecule has 1 aliphatic rings. The van der Waals surface area contributed by atoms with Gasteiger partial charge in [-0.2, -0.15) is 13.2 Å². The van der Waals surface area contributed by atoms with Crippen LogP contribution in [0.15, 0.2) is 17.5 Å². The molecule has 1 aromatic rings. The van der Waals surface area contributed by atoms with Crippen molar-refractivity contribution in [2.24, 2.45) is 0 Å². The Bertz CT molecular complexity index is 375. The SMILES string of the molecule is O[C@@H](CN1CCN(c2cccs2)CC1)CC(F)(F)F. The zero-order valence-corrected chi connectivity index (χ0v) is 11.3. The van der Waals surface area contributed by atoms with Gasteiger partial charge >= 0.3 is 6.18 Å². The first kappa shape index (κ1) is 14.6. The van der Waals surface area contributed by atoms with Gasteiger partial charge in [-0.3, -0.25) is 4.90 Å². The third kappa shape index (κ3) is 4.67. The van der Waals surface area contributed by atoms with Gasteiger partial charge in [0.15, 0.2) is 0 Å². The van der Waals surface area contributed by atoms with Crippen LogP contribution in [0, 0.1) is 0 Å². The van der Waals surface area contributed by atoms with E-state index >= 15 is 0 Å². The lowest BCUT2D eigenvalue weighted by Crippen LogP contribution is -2.48. The van der Waals surface area contributed by atoms with E-state index in [9.17, 15) is 18.3 Å². The van der Waals surface area contributed by atoms with Crippen molar-refractivity contribution in [2.75, 3.05) is 37.6 Å². The van der Waals surface area contributed by atoms with Crippen LogP contribution in [0.5, 0.6) is 0 Å². The van der Waals surface area contributed by atoms with E-state index in [1.54, 1.807) is 11.3 Å². The van der Waals surface area contributed by atoms with Gasteiger partial charge in [-0.25, -0.2) is 0 Å². The molecule has 108 valence electrons. The second-order valence-corrected chi connectivity index (χ2v) is 5.64. The Kier molecular flexibility index (Phi) is 4.70. The number of alkyl halides is 3. The van der Waals surface area contributed by atoms with E-state index in [1.165, 1.54) is 5.00 Å². The normalized spacial score (nSPS) is 19.7. The molecule has 0 spiro atoms. The molecule has 0 unspecified atom stereocenters. The monoisotopic (exact) mass is 294 g/mol. The largest absolute Gasteiger partial charge is 0.391 e. The topological polar surface area (TPSA) is 26.7 Å². The first-order valence-electron chi connectivity index (χ1n) is 6.20. The van der Waals surface area contributed by atoms with Gasteiger partial charge < -0.3 is 10.0 Å². The number of halogens is 3. The van der Waals surface area contributed by atoms with E-state index in [-0.39, 0.29) is 6.54 Å². The standard InChI is InChI=1S/C12H17F3N2OS/c13-12(14,15)8-10(18)9-16-3-5-17(6-4-16)11-2-1-7-19-11/h1-2,7,10,18H,3-6,8-9H2/t10-/m1/s1. The maximum atomic E-state index is 12.1. The molecule has 2 heterocycles. The highest BCUT2D eigenvalue weighted by Gasteiger charge is 2.32. The predicted molar refractivity (Wildman–Crippen MR) is 69.7 cm³/mol. The quantitative estimate of drug-likeness (QED) is 0.922. The number of thiophene rings is 1. The summed E-state index contributed by atoms with van der Waals surface area (Å²) in [6, 6.07) is 4.03. The number of hydrogen-bond acceptors (Lipinski definition) is 4. The molecule has 0 aliphatic carbocycles. The van der Waals surface area contributed by atoms with Crippen LogP contribution in [0.3, 0.4) is 0 Å². The Morgan fingerprint density at radius 2 is 1.95 bits per heavy atom. The molecule has 0 aromatic carbocycles. The van der Waals surface area contributed by atoms with Crippen LogP contribution < -0.4 is 4.90 Å². The molecule has 19 heavy (non-hydrogen) atoms. The number of β-amino-alcohol motifs (C(OH)–C–C–N with tert-alkyl or cyclic N) is 1. The molecular weight excluding hydrogens is 277 g/mol. The smallest absolute Gasteiger partial charge is 0.391 e. The van der Waals surface area contributed by atoms with Gasteiger partial charge in [0, 0.05) is 32.7 Å². The number of rotatable bonds is 4. The van der Waals surface area contributed by atoms with Crippen molar-refractivity contribution >= 4 is 16.3 Å². The number of anilines is 1. The number of nitrogens with zero attached hydrogens (tertiary/aromatic N) is 2. The van der Waals surface area contributed by atoms with Gasteiger partial charge in [-0.05, 0) is 17.5 Å². The Hall–Kier alpha value is -0.790. The van der Waals surface area contributed by atoms with Crippen LogP contribution in [0.25, 0.3) is 0 Å². The number of hydrogen-bond donors (Lipinski definition) is 1. The first-order valence-corrected chi connectivity index (χ1v) is 7.07. The summed E-state index contributed by atoms with van der Waals surface area (Å²) in [5.74, 6) is 0. The second kappa shape index (κ2) is 6.11. The molecule has 1 aliphatic heterocycles. The minimum Gasteiger partial charge on any atom is -0.391 e. The zero-order chi connectivity index (χ0) is 13.9. The summed E-state index contributed by atoms with van der Waals surface area (Å²) in [5, 5.41) is 12.6. The van der Waals surface area contributed by atoms with E-state index in [1.807, 2.05) is 22.4 Å². The van der Waals surface area contributed by atoms with Crippen LogP contribution in [0.4, 0.5) is 18.2 Å². The molecule has 7 heteroatoms. The third-order valence-electron chi connectivity index (χ3n) is 3.13. The molecule has 1 atom stereocenters. The van der Waals surface area contributed by atoms with Crippen LogP contribution >= 0.6 is 11.3 Å². The van der Waals surface area contributed by atoms with Crippen LogP contribution in [0.1, 0.15) is 6.42 Å². The highest BCUT2D eigenvalue weighted by Crippen LogP contribution is 2.24. The highest BCUT2D eigenvalue weighted by atomic mass is 32.1. The van der Waals surface area contributed by atoms with Crippen molar-refractivity contribution in [3.63, 3.8) is 0 Å². The molecule has 1 N–H and O–H groups in total. The van der Waals surface area contributed by atoms with Gasteiger partial charge in [0.2, 0.25) is 0 Å². The van der Waals surface area contributed by atoms with Gasteiger partial charge in [0.05, 0.1) is 17.5 Å². The summed E-state index contributed by atoms with van der Waals surface area (Å²) in [6.07, 6.45) is -6.75. The number of aliphatic hydroxyl groups excluding tert-OH is 1. The van der Waals surface area contributed by atoms with Crippen molar-refractivity contribution in [2.45, 2.75) is 18.7 Å². The van der Waals surface area contributed by atoms with E-state index < -0.39 is 18.7 Å². The van der Waals surface area contributed by atoms with E-state index in [0.29, 0.717) is 13.1 Å². The molecule has 0 bridgehead atoms. The van der Waals surface area contributed by atoms with Gasteiger partial charge in [-0.15, -0.1) is 11.3 Å². The molecular formula is C12H17F3N2OS. The molecule has 1 aromatic heterocycles. The second-order valence-electron chi connectivity index (χ2n) is 4.71. The minimum atomic E-state index is -4.29. The van der Waals surface area contributed by atoms with Gasteiger partial charge in [0.1, 0.15) is 0 Å².